The SMILES string of the molecule is CCOc1ccc(NC)c(N(CC)CC)c1. The van der Waals surface area contributed by atoms with Crippen molar-refractivity contribution in [3.05, 3.63) is 18.2 Å². The average Bonchev–Trinajstić information content (AvgIpc) is 2.31. The lowest BCUT2D eigenvalue weighted by molar-refractivity contribution is 0.340. The van der Waals surface area contributed by atoms with Crippen molar-refractivity contribution in [1.82, 2.24) is 0 Å². The lowest BCUT2D eigenvalue weighted by atomic mass is 10.2. The second kappa shape index (κ2) is 6.26. The topological polar surface area (TPSA) is 24.5 Å². The Morgan fingerprint density at radius 1 is 1.19 bits per heavy atom. The molecule has 0 aliphatic rings. The van der Waals surface area contributed by atoms with Gasteiger partial charge in [-0.15, -0.1) is 0 Å². The minimum Gasteiger partial charge on any atom is -0.494 e. The number of rotatable bonds is 6. The van der Waals surface area contributed by atoms with Crippen LogP contribution in [0.2, 0.25) is 0 Å². The first-order valence-electron chi connectivity index (χ1n) is 5.96. The Bertz CT molecular complexity index is 322. The van der Waals surface area contributed by atoms with Gasteiger partial charge in [-0.05, 0) is 32.9 Å². The van der Waals surface area contributed by atoms with Gasteiger partial charge in [0.05, 0.1) is 18.0 Å². The summed E-state index contributed by atoms with van der Waals surface area (Å²) in [6, 6.07) is 6.17. The zero-order valence-corrected chi connectivity index (χ0v) is 10.7. The summed E-state index contributed by atoms with van der Waals surface area (Å²) in [6.45, 7) is 9.04. The highest BCUT2D eigenvalue weighted by molar-refractivity contribution is 5.71. The summed E-state index contributed by atoms with van der Waals surface area (Å²) in [6.07, 6.45) is 0. The molecule has 0 spiro atoms. The number of ether oxygens (including phenoxy) is 1. The highest BCUT2D eigenvalue weighted by Crippen LogP contribution is 2.30. The van der Waals surface area contributed by atoms with Gasteiger partial charge < -0.3 is 15.0 Å². The number of nitrogens with one attached hydrogen (secondary N) is 1. The molecule has 16 heavy (non-hydrogen) atoms. The van der Waals surface area contributed by atoms with Gasteiger partial charge in [0.15, 0.2) is 0 Å². The van der Waals surface area contributed by atoms with Crippen LogP contribution in [0.4, 0.5) is 11.4 Å². The molecular formula is C13H22N2O. The normalized spacial score (nSPS) is 10.0. The van der Waals surface area contributed by atoms with E-state index in [2.05, 4.69) is 36.2 Å². The molecule has 0 radical (unpaired) electrons. The Balaban J connectivity index is 3.05. The van der Waals surface area contributed by atoms with E-state index in [1.807, 2.05) is 20.0 Å². The minimum atomic E-state index is 0.705. The molecule has 1 N–H and O–H groups in total. The quantitative estimate of drug-likeness (QED) is 0.801. The third kappa shape index (κ3) is 2.81. The third-order valence-corrected chi connectivity index (χ3v) is 2.65. The Labute approximate surface area is 98.4 Å². The van der Waals surface area contributed by atoms with Gasteiger partial charge in [0.1, 0.15) is 5.75 Å². The van der Waals surface area contributed by atoms with E-state index in [4.69, 9.17) is 4.74 Å². The fourth-order valence-electron chi connectivity index (χ4n) is 1.81. The number of hydrogen-bond donors (Lipinski definition) is 1. The first-order valence-corrected chi connectivity index (χ1v) is 5.96. The highest BCUT2D eigenvalue weighted by atomic mass is 16.5. The summed E-state index contributed by atoms with van der Waals surface area (Å²) in [5.74, 6) is 0.934. The monoisotopic (exact) mass is 222 g/mol. The fraction of sp³-hybridized carbons (Fsp3) is 0.538. The first kappa shape index (κ1) is 12.7. The van der Waals surface area contributed by atoms with Crippen molar-refractivity contribution in [2.24, 2.45) is 0 Å². The molecule has 0 saturated heterocycles. The maximum Gasteiger partial charge on any atom is 0.121 e. The Morgan fingerprint density at radius 2 is 1.88 bits per heavy atom. The Kier molecular flexibility index (Phi) is 4.96. The molecule has 3 nitrogen and oxygen atoms in total. The van der Waals surface area contributed by atoms with Crippen molar-refractivity contribution in [3.8, 4) is 5.75 Å². The molecule has 0 aromatic heterocycles. The van der Waals surface area contributed by atoms with Crippen LogP contribution in [-0.4, -0.2) is 26.7 Å². The van der Waals surface area contributed by atoms with E-state index in [1.54, 1.807) is 0 Å². The van der Waals surface area contributed by atoms with E-state index in [0.717, 1.165) is 24.5 Å². The predicted octanol–water partition coefficient (Wildman–Crippen LogP) is 2.97. The van der Waals surface area contributed by atoms with Crippen LogP contribution in [0.3, 0.4) is 0 Å². The van der Waals surface area contributed by atoms with Crippen molar-refractivity contribution in [2.45, 2.75) is 20.8 Å². The van der Waals surface area contributed by atoms with Crippen LogP contribution in [0.25, 0.3) is 0 Å². The maximum absolute atomic E-state index is 5.53. The molecule has 3 heteroatoms. The largest absolute Gasteiger partial charge is 0.494 e. The molecule has 1 aromatic carbocycles. The molecule has 0 aliphatic heterocycles. The molecule has 1 aromatic rings. The Hall–Kier alpha value is -1.38. The summed E-state index contributed by atoms with van der Waals surface area (Å²) < 4.78 is 5.53. The number of hydrogen-bond acceptors (Lipinski definition) is 3. The zero-order valence-electron chi connectivity index (χ0n) is 10.7. The van der Waals surface area contributed by atoms with E-state index < -0.39 is 0 Å². The zero-order chi connectivity index (χ0) is 12.0. The molecule has 0 fully saturated rings. The summed E-state index contributed by atoms with van der Waals surface area (Å²) in [4.78, 5) is 2.31. The molecule has 0 atom stereocenters. The van der Waals surface area contributed by atoms with Crippen molar-refractivity contribution in [1.29, 1.82) is 0 Å². The van der Waals surface area contributed by atoms with E-state index in [-0.39, 0.29) is 0 Å². The van der Waals surface area contributed by atoms with Gasteiger partial charge in [-0.25, -0.2) is 0 Å². The second-order valence-electron chi connectivity index (χ2n) is 3.53. The molecule has 1 rings (SSSR count). The average molecular weight is 222 g/mol. The van der Waals surface area contributed by atoms with Gasteiger partial charge in [-0.2, -0.15) is 0 Å². The van der Waals surface area contributed by atoms with Crippen molar-refractivity contribution in [2.75, 3.05) is 37.0 Å². The Morgan fingerprint density at radius 3 is 2.38 bits per heavy atom. The van der Waals surface area contributed by atoms with E-state index in [0.29, 0.717) is 6.61 Å². The van der Waals surface area contributed by atoms with Gasteiger partial charge in [0.25, 0.3) is 0 Å². The first-order chi connectivity index (χ1) is 7.76. The van der Waals surface area contributed by atoms with Crippen LogP contribution in [0.5, 0.6) is 5.75 Å². The van der Waals surface area contributed by atoms with E-state index >= 15 is 0 Å². The fourth-order valence-corrected chi connectivity index (χ4v) is 1.81. The summed E-state index contributed by atoms with van der Waals surface area (Å²) in [5, 5.41) is 3.22. The van der Waals surface area contributed by atoms with Crippen LogP contribution in [-0.2, 0) is 0 Å². The molecule has 0 amide bonds. The molecule has 0 bridgehead atoms. The molecule has 0 heterocycles. The third-order valence-electron chi connectivity index (χ3n) is 2.65. The standard InChI is InChI=1S/C13H22N2O/c1-5-15(6-2)13-10-11(16-7-3)8-9-12(13)14-4/h8-10,14H,5-7H2,1-4H3. The van der Waals surface area contributed by atoms with E-state index in [1.165, 1.54) is 5.69 Å². The van der Waals surface area contributed by atoms with Crippen molar-refractivity contribution >= 4 is 11.4 Å². The molecule has 90 valence electrons. The minimum absolute atomic E-state index is 0.705. The van der Waals surface area contributed by atoms with Crippen LogP contribution >= 0.6 is 0 Å². The lowest BCUT2D eigenvalue weighted by Crippen LogP contribution is -2.22. The maximum atomic E-state index is 5.53. The molecule has 0 saturated carbocycles. The predicted molar refractivity (Wildman–Crippen MR) is 70.7 cm³/mol. The molecular weight excluding hydrogens is 200 g/mol. The summed E-state index contributed by atoms with van der Waals surface area (Å²) in [7, 11) is 1.95. The lowest BCUT2D eigenvalue weighted by Gasteiger charge is -2.24. The summed E-state index contributed by atoms with van der Waals surface area (Å²) >= 11 is 0. The number of anilines is 2. The van der Waals surface area contributed by atoms with Gasteiger partial charge >= 0.3 is 0 Å². The summed E-state index contributed by atoms with van der Waals surface area (Å²) in [5.41, 5.74) is 2.35. The van der Waals surface area contributed by atoms with Crippen molar-refractivity contribution < 1.29 is 4.74 Å². The number of nitrogens with zero attached hydrogens (tertiary/aromatic N) is 1. The molecule has 0 unspecified atom stereocenters. The van der Waals surface area contributed by atoms with Crippen LogP contribution in [0.15, 0.2) is 18.2 Å². The van der Waals surface area contributed by atoms with Crippen LogP contribution in [0, 0.1) is 0 Å². The van der Waals surface area contributed by atoms with Gasteiger partial charge in [0, 0.05) is 26.2 Å². The molecule has 0 aliphatic carbocycles. The second-order valence-corrected chi connectivity index (χ2v) is 3.53. The van der Waals surface area contributed by atoms with Gasteiger partial charge in [-0.1, -0.05) is 0 Å². The smallest absolute Gasteiger partial charge is 0.121 e. The number of benzene rings is 1. The van der Waals surface area contributed by atoms with E-state index in [9.17, 15) is 0 Å². The van der Waals surface area contributed by atoms with Gasteiger partial charge in [0.2, 0.25) is 0 Å². The van der Waals surface area contributed by atoms with Crippen LogP contribution < -0.4 is 15.0 Å². The highest BCUT2D eigenvalue weighted by Gasteiger charge is 2.08. The van der Waals surface area contributed by atoms with Gasteiger partial charge in [-0.3, -0.25) is 0 Å². The van der Waals surface area contributed by atoms with Crippen LogP contribution in [0.1, 0.15) is 20.8 Å². The van der Waals surface area contributed by atoms with Crippen molar-refractivity contribution in [3.63, 3.8) is 0 Å².